The van der Waals surface area contributed by atoms with Gasteiger partial charge >= 0.3 is 0 Å². The largest absolute Gasteiger partial charge is 0.309 e. The number of nitrogens with zero attached hydrogens (tertiary/aromatic N) is 2. The Hall–Kier alpha value is -5.77. The fourth-order valence-electron chi connectivity index (χ4n) is 7.21. The van der Waals surface area contributed by atoms with Crippen LogP contribution in [0.25, 0.3) is 92.8 Å². The molecular formula is C43H26N2S. The number of thiazole rings is 1. The highest BCUT2D eigenvalue weighted by atomic mass is 32.1. The maximum Gasteiger partial charge on any atom is 0.124 e. The molecular weight excluding hydrogens is 577 g/mol. The topological polar surface area (TPSA) is 17.8 Å². The van der Waals surface area contributed by atoms with Gasteiger partial charge in [0.25, 0.3) is 0 Å². The third-order valence-corrected chi connectivity index (χ3v) is 10.5. The van der Waals surface area contributed by atoms with Crippen molar-refractivity contribution < 1.29 is 0 Å². The van der Waals surface area contributed by atoms with Crippen LogP contribution in [0.3, 0.4) is 0 Å². The molecule has 1 aliphatic carbocycles. The predicted molar refractivity (Wildman–Crippen MR) is 195 cm³/mol. The van der Waals surface area contributed by atoms with E-state index in [4.69, 9.17) is 4.98 Å². The summed E-state index contributed by atoms with van der Waals surface area (Å²) < 4.78 is 2.40. The second-order valence-corrected chi connectivity index (χ2v) is 13.0. The van der Waals surface area contributed by atoms with E-state index in [1.807, 2.05) is 0 Å². The Morgan fingerprint density at radius 1 is 0.457 bits per heavy atom. The molecule has 2 heterocycles. The van der Waals surface area contributed by atoms with Crippen LogP contribution in [0.2, 0.25) is 0 Å². The molecule has 1 aliphatic rings. The second kappa shape index (κ2) is 9.87. The highest BCUT2D eigenvalue weighted by molar-refractivity contribution is 7.19. The van der Waals surface area contributed by atoms with Crippen LogP contribution in [0, 0.1) is 0 Å². The Morgan fingerprint density at radius 2 is 1.02 bits per heavy atom. The number of aromatic nitrogens is 2. The fraction of sp³-hybridized carbons (Fsp3) is 0. The lowest BCUT2D eigenvalue weighted by Gasteiger charge is -2.10. The van der Waals surface area contributed by atoms with Crippen LogP contribution in [0.5, 0.6) is 0 Å². The zero-order valence-corrected chi connectivity index (χ0v) is 25.6. The van der Waals surface area contributed by atoms with E-state index in [2.05, 4.69) is 162 Å². The molecule has 0 N–H and O–H groups in total. The summed E-state index contributed by atoms with van der Waals surface area (Å²) in [6, 6.07) is 57.1. The van der Waals surface area contributed by atoms with Crippen molar-refractivity contribution in [3.63, 3.8) is 0 Å². The molecule has 0 bridgehead atoms. The molecule has 10 rings (SSSR count). The van der Waals surface area contributed by atoms with Gasteiger partial charge in [0, 0.05) is 33.2 Å². The molecule has 0 fully saturated rings. The van der Waals surface area contributed by atoms with Crippen molar-refractivity contribution in [3.8, 4) is 60.2 Å². The molecule has 9 aromatic rings. The monoisotopic (exact) mass is 602 g/mol. The van der Waals surface area contributed by atoms with Crippen LogP contribution in [0.1, 0.15) is 0 Å². The Kier molecular flexibility index (Phi) is 5.48. The van der Waals surface area contributed by atoms with E-state index >= 15 is 0 Å². The summed E-state index contributed by atoms with van der Waals surface area (Å²) in [5.74, 6) is 0. The zero-order valence-electron chi connectivity index (χ0n) is 24.8. The van der Waals surface area contributed by atoms with E-state index < -0.39 is 0 Å². The molecule has 0 unspecified atom stereocenters. The minimum Gasteiger partial charge on any atom is -0.309 e. The first-order chi connectivity index (χ1) is 22.8. The standard InChI is InChI=1S/C43H26N2S/c1-3-9-27(10-4-1)31-19-23-38-36(25-31)37-26-32(28-11-5-2-6-12-28)20-24-39(37)45(38)33-21-17-30(18-22-33)43-44-41-34-15-7-13-29-14-8-16-35(40(29)34)42(41)46-43/h1-26H. The number of benzene rings is 7. The molecule has 214 valence electrons. The van der Waals surface area contributed by atoms with E-state index in [-0.39, 0.29) is 0 Å². The first-order valence-corrected chi connectivity index (χ1v) is 16.4. The van der Waals surface area contributed by atoms with Gasteiger partial charge in [0.05, 0.1) is 21.6 Å². The summed E-state index contributed by atoms with van der Waals surface area (Å²) in [7, 11) is 0. The van der Waals surface area contributed by atoms with Crippen molar-refractivity contribution in [2.24, 2.45) is 0 Å². The summed E-state index contributed by atoms with van der Waals surface area (Å²) >= 11 is 1.79. The van der Waals surface area contributed by atoms with Crippen LogP contribution in [-0.4, -0.2) is 9.55 Å². The van der Waals surface area contributed by atoms with Gasteiger partial charge in [0.1, 0.15) is 5.01 Å². The molecule has 7 aromatic carbocycles. The van der Waals surface area contributed by atoms with E-state index in [0.717, 1.165) is 22.0 Å². The van der Waals surface area contributed by atoms with Gasteiger partial charge in [-0.05, 0) is 81.6 Å². The van der Waals surface area contributed by atoms with E-state index in [0.29, 0.717) is 0 Å². The van der Waals surface area contributed by atoms with Gasteiger partial charge in [-0.1, -0.05) is 109 Å². The van der Waals surface area contributed by atoms with Gasteiger partial charge in [-0.15, -0.1) is 11.3 Å². The maximum absolute atomic E-state index is 5.18. The van der Waals surface area contributed by atoms with Gasteiger partial charge in [0.2, 0.25) is 0 Å². The van der Waals surface area contributed by atoms with Gasteiger partial charge < -0.3 is 4.57 Å². The van der Waals surface area contributed by atoms with E-state index in [1.54, 1.807) is 11.3 Å². The van der Waals surface area contributed by atoms with Gasteiger partial charge in [-0.3, -0.25) is 0 Å². The third kappa shape index (κ3) is 3.79. The first-order valence-electron chi connectivity index (χ1n) is 15.6. The summed E-state index contributed by atoms with van der Waals surface area (Å²) in [5.41, 5.74) is 13.2. The quantitative estimate of drug-likeness (QED) is 0.196. The average Bonchev–Trinajstić information content (AvgIpc) is 3.80. The normalized spacial score (nSPS) is 11.9. The molecule has 0 amide bonds. The lowest BCUT2D eigenvalue weighted by Crippen LogP contribution is -1.94. The Balaban J connectivity index is 1.11. The Labute approximate surface area is 270 Å². The zero-order chi connectivity index (χ0) is 30.2. The van der Waals surface area contributed by atoms with Gasteiger partial charge in [-0.2, -0.15) is 0 Å². The van der Waals surface area contributed by atoms with E-state index in [1.165, 1.54) is 70.8 Å². The summed E-state index contributed by atoms with van der Waals surface area (Å²) in [6.07, 6.45) is 0. The average molecular weight is 603 g/mol. The van der Waals surface area contributed by atoms with Crippen LogP contribution >= 0.6 is 11.3 Å². The number of hydrogen-bond donors (Lipinski definition) is 0. The van der Waals surface area contributed by atoms with Crippen molar-refractivity contribution in [1.82, 2.24) is 9.55 Å². The van der Waals surface area contributed by atoms with Gasteiger partial charge in [-0.25, -0.2) is 4.98 Å². The van der Waals surface area contributed by atoms with Crippen molar-refractivity contribution in [1.29, 1.82) is 0 Å². The summed E-state index contributed by atoms with van der Waals surface area (Å²) in [5, 5.41) is 6.18. The highest BCUT2D eigenvalue weighted by Crippen LogP contribution is 2.51. The van der Waals surface area contributed by atoms with Crippen molar-refractivity contribution in [2.45, 2.75) is 0 Å². The molecule has 2 aromatic heterocycles. The summed E-state index contributed by atoms with van der Waals surface area (Å²) in [6.45, 7) is 0. The van der Waals surface area contributed by atoms with Crippen LogP contribution < -0.4 is 0 Å². The Morgan fingerprint density at radius 3 is 1.63 bits per heavy atom. The van der Waals surface area contributed by atoms with Crippen LogP contribution in [0.15, 0.2) is 158 Å². The fourth-order valence-corrected chi connectivity index (χ4v) is 8.33. The van der Waals surface area contributed by atoms with Crippen molar-refractivity contribution in [3.05, 3.63) is 158 Å². The minimum atomic E-state index is 1.06. The first kappa shape index (κ1) is 25.5. The molecule has 0 aliphatic heterocycles. The number of rotatable bonds is 4. The SMILES string of the molecule is c1ccc(-c2ccc3c(c2)c2cc(-c4ccccc4)ccc2n3-c2ccc(-c3nc4c(s3)-c3cccc5cccc-4c35)cc2)cc1. The highest BCUT2D eigenvalue weighted by Gasteiger charge is 2.26. The molecule has 0 saturated heterocycles. The second-order valence-electron chi connectivity index (χ2n) is 12.0. The molecule has 3 heteroatoms. The lowest BCUT2D eigenvalue weighted by molar-refractivity contribution is 1.18. The molecule has 0 atom stereocenters. The molecule has 46 heavy (non-hydrogen) atoms. The number of hydrogen-bond acceptors (Lipinski definition) is 2. The minimum absolute atomic E-state index is 1.06. The molecule has 0 radical (unpaired) electrons. The van der Waals surface area contributed by atoms with Crippen molar-refractivity contribution >= 4 is 43.9 Å². The Bertz CT molecular complexity index is 2460. The smallest absolute Gasteiger partial charge is 0.124 e. The van der Waals surface area contributed by atoms with E-state index in [9.17, 15) is 0 Å². The maximum atomic E-state index is 5.18. The molecule has 0 spiro atoms. The third-order valence-electron chi connectivity index (χ3n) is 9.38. The van der Waals surface area contributed by atoms with Crippen molar-refractivity contribution in [2.75, 3.05) is 0 Å². The lowest BCUT2D eigenvalue weighted by atomic mass is 10.0. The van der Waals surface area contributed by atoms with Crippen LogP contribution in [0.4, 0.5) is 0 Å². The molecule has 0 saturated carbocycles. The summed E-state index contributed by atoms with van der Waals surface area (Å²) in [4.78, 5) is 6.46. The van der Waals surface area contributed by atoms with Gasteiger partial charge in [0.15, 0.2) is 0 Å². The molecule has 2 nitrogen and oxygen atoms in total. The predicted octanol–water partition coefficient (Wildman–Crippen LogP) is 12.0. The van der Waals surface area contributed by atoms with Crippen LogP contribution in [-0.2, 0) is 0 Å². The number of fused-ring (bicyclic) bond motifs is 6.